The van der Waals surface area contributed by atoms with Crippen molar-refractivity contribution < 1.29 is 14.4 Å². The maximum absolute atomic E-state index is 12.4. The number of anilines is 1. The van der Waals surface area contributed by atoms with Gasteiger partial charge in [-0.15, -0.1) is 11.3 Å². The lowest BCUT2D eigenvalue weighted by atomic mass is 10.2. The first-order valence-corrected chi connectivity index (χ1v) is 11.1. The lowest BCUT2D eigenvalue weighted by molar-refractivity contribution is -0.115. The van der Waals surface area contributed by atoms with Gasteiger partial charge in [-0.05, 0) is 44.9 Å². The van der Waals surface area contributed by atoms with Gasteiger partial charge in [-0.25, -0.2) is 9.78 Å². The predicted octanol–water partition coefficient (Wildman–Crippen LogP) is 2.35. The molecule has 0 unspecified atom stereocenters. The highest BCUT2D eigenvalue weighted by Crippen LogP contribution is 2.32. The Kier molecular flexibility index (Phi) is 4.89. The van der Waals surface area contributed by atoms with Crippen LogP contribution in [0.3, 0.4) is 0 Å². The molecule has 4 amide bonds. The quantitative estimate of drug-likeness (QED) is 0.336. The molecule has 3 aromatic rings. The minimum absolute atomic E-state index is 0.0486. The van der Waals surface area contributed by atoms with E-state index < -0.39 is 11.9 Å². The van der Waals surface area contributed by atoms with Crippen LogP contribution in [0.4, 0.5) is 10.6 Å². The van der Waals surface area contributed by atoms with E-state index in [0.29, 0.717) is 27.8 Å². The molecule has 2 fully saturated rings. The van der Waals surface area contributed by atoms with E-state index in [1.54, 1.807) is 22.9 Å². The van der Waals surface area contributed by atoms with Gasteiger partial charge in [-0.2, -0.15) is 9.61 Å². The fourth-order valence-electron chi connectivity index (χ4n) is 3.32. The summed E-state index contributed by atoms with van der Waals surface area (Å²) in [4.78, 5) is 42.0. The first-order chi connectivity index (χ1) is 15.4. The van der Waals surface area contributed by atoms with E-state index in [4.69, 9.17) is 4.98 Å². The van der Waals surface area contributed by atoms with Crippen LogP contribution in [0.5, 0.6) is 0 Å². The molecule has 4 N–H and O–H groups in total. The Morgan fingerprint density at radius 3 is 2.78 bits per heavy atom. The Balaban J connectivity index is 1.57. The van der Waals surface area contributed by atoms with Gasteiger partial charge >= 0.3 is 6.03 Å². The molecular formula is C21H21N7O3S. The Hall–Kier alpha value is -3.73. The Labute approximate surface area is 187 Å². The molecule has 0 spiro atoms. The molecule has 0 aromatic carbocycles. The number of aromatic nitrogens is 3. The summed E-state index contributed by atoms with van der Waals surface area (Å²) in [5.41, 5.74) is 1.95. The highest BCUT2D eigenvalue weighted by atomic mass is 32.1. The Morgan fingerprint density at radius 1 is 1.28 bits per heavy atom. The van der Waals surface area contributed by atoms with Crippen LogP contribution in [0.15, 0.2) is 30.1 Å². The number of hydrogen-bond acceptors (Lipinski definition) is 7. The van der Waals surface area contributed by atoms with Crippen LogP contribution < -0.4 is 21.3 Å². The second kappa shape index (κ2) is 7.75. The third kappa shape index (κ3) is 3.94. The van der Waals surface area contributed by atoms with Gasteiger partial charge in [-0.1, -0.05) is 0 Å². The summed E-state index contributed by atoms with van der Waals surface area (Å²) < 4.78 is 1.68. The molecule has 1 saturated carbocycles. The van der Waals surface area contributed by atoms with Gasteiger partial charge < -0.3 is 16.0 Å². The smallest absolute Gasteiger partial charge is 0.326 e. The summed E-state index contributed by atoms with van der Waals surface area (Å²) in [6, 6.07) is 5.44. The molecule has 0 radical (unpaired) electrons. The number of carbonyl (C=O) groups is 3. The van der Waals surface area contributed by atoms with Gasteiger partial charge in [-0.3, -0.25) is 14.9 Å². The highest BCUT2D eigenvalue weighted by Gasteiger charge is 2.25. The minimum Gasteiger partial charge on any atom is -0.367 e. The molecule has 3 aromatic heterocycles. The van der Waals surface area contributed by atoms with Crippen molar-refractivity contribution >= 4 is 46.7 Å². The van der Waals surface area contributed by atoms with Crippen molar-refractivity contribution in [2.24, 2.45) is 0 Å². The van der Waals surface area contributed by atoms with Crippen LogP contribution in [0, 0.1) is 0 Å². The van der Waals surface area contributed by atoms with Crippen LogP contribution >= 0.6 is 11.3 Å². The number of imide groups is 1. The van der Waals surface area contributed by atoms with Gasteiger partial charge in [0.25, 0.3) is 11.8 Å². The SMILES string of the molecule is CC(C)NC(=O)c1ccc(-c2cc(NC3CC3)n3ncc(/C=C4\NC(=O)NC4=O)c3n2)s1. The van der Waals surface area contributed by atoms with Crippen LogP contribution in [0.25, 0.3) is 22.3 Å². The van der Waals surface area contributed by atoms with E-state index in [0.717, 1.165) is 23.5 Å². The third-order valence-electron chi connectivity index (χ3n) is 4.95. The molecule has 4 heterocycles. The summed E-state index contributed by atoms with van der Waals surface area (Å²) in [5.74, 6) is 0.158. The van der Waals surface area contributed by atoms with Gasteiger partial charge in [0.2, 0.25) is 0 Å². The predicted molar refractivity (Wildman–Crippen MR) is 120 cm³/mol. The number of amides is 4. The molecule has 0 bridgehead atoms. The van der Waals surface area contributed by atoms with E-state index in [2.05, 4.69) is 26.4 Å². The molecule has 1 aliphatic heterocycles. The van der Waals surface area contributed by atoms with Gasteiger partial charge in [0.1, 0.15) is 11.5 Å². The van der Waals surface area contributed by atoms with Crippen LogP contribution in [0.2, 0.25) is 0 Å². The average Bonchev–Trinajstić information content (AvgIpc) is 3.12. The third-order valence-corrected chi connectivity index (χ3v) is 6.06. The number of hydrogen-bond donors (Lipinski definition) is 4. The number of thiophene rings is 1. The molecule has 1 aliphatic carbocycles. The maximum atomic E-state index is 12.4. The zero-order chi connectivity index (χ0) is 22.4. The van der Waals surface area contributed by atoms with Crippen molar-refractivity contribution in [3.05, 3.63) is 40.5 Å². The van der Waals surface area contributed by atoms with E-state index in [-0.39, 0.29) is 17.6 Å². The molecule has 2 aliphatic rings. The maximum Gasteiger partial charge on any atom is 0.326 e. The van der Waals surface area contributed by atoms with Crippen molar-refractivity contribution in [2.75, 3.05) is 5.32 Å². The number of nitrogens with zero attached hydrogens (tertiary/aromatic N) is 3. The van der Waals surface area contributed by atoms with Crippen molar-refractivity contribution in [1.29, 1.82) is 0 Å². The molecule has 1 saturated heterocycles. The van der Waals surface area contributed by atoms with Crippen LogP contribution in [0.1, 0.15) is 41.9 Å². The Bertz CT molecular complexity index is 1290. The van der Waals surface area contributed by atoms with E-state index >= 15 is 0 Å². The van der Waals surface area contributed by atoms with Crippen molar-refractivity contribution in [3.63, 3.8) is 0 Å². The van der Waals surface area contributed by atoms with E-state index in [1.807, 2.05) is 26.0 Å². The van der Waals surface area contributed by atoms with E-state index in [1.165, 1.54) is 11.3 Å². The fraction of sp³-hybridized carbons (Fsp3) is 0.286. The number of rotatable bonds is 6. The van der Waals surface area contributed by atoms with Gasteiger partial charge in [0.15, 0.2) is 5.65 Å². The van der Waals surface area contributed by atoms with Crippen molar-refractivity contribution in [1.82, 2.24) is 30.5 Å². The number of fused-ring (bicyclic) bond motifs is 1. The second-order valence-electron chi connectivity index (χ2n) is 8.04. The molecule has 32 heavy (non-hydrogen) atoms. The zero-order valence-corrected chi connectivity index (χ0v) is 18.2. The van der Waals surface area contributed by atoms with Crippen LogP contribution in [-0.2, 0) is 4.79 Å². The summed E-state index contributed by atoms with van der Waals surface area (Å²) in [5, 5.41) is 15.5. The second-order valence-corrected chi connectivity index (χ2v) is 9.12. The number of nitrogens with one attached hydrogen (secondary N) is 4. The van der Waals surface area contributed by atoms with Crippen molar-refractivity contribution in [3.8, 4) is 10.6 Å². The largest absolute Gasteiger partial charge is 0.367 e. The fourth-order valence-corrected chi connectivity index (χ4v) is 4.19. The lowest BCUT2D eigenvalue weighted by Gasteiger charge is -2.09. The summed E-state index contributed by atoms with van der Waals surface area (Å²) in [6.07, 6.45) is 5.32. The molecule has 5 rings (SSSR count). The van der Waals surface area contributed by atoms with E-state index in [9.17, 15) is 14.4 Å². The monoisotopic (exact) mass is 451 g/mol. The summed E-state index contributed by atoms with van der Waals surface area (Å²) in [7, 11) is 0. The number of carbonyl (C=O) groups excluding carboxylic acids is 3. The minimum atomic E-state index is -0.562. The van der Waals surface area contributed by atoms with Crippen molar-refractivity contribution in [2.45, 2.75) is 38.8 Å². The zero-order valence-electron chi connectivity index (χ0n) is 17.4. The van der Waals surface area contributed by atoms with Gasteiger partial charge in [0, 0.05) is 23.7 Å². The van der Waals surface area contributed by atoms with Gasteiger partial charge in [0.05, 0.1) is 21.6 Å². The first kappa shape index (κ1) is 20.2. The normalized spacial score (nSPS) is 17.2. The van der Waals surface area contributed by atoms with Crippen LogP contribution in [-0.4, -0.2) is 44.5 Å². The molecule has 0 atom stereocenters. The topological polar surface area (TPSA) is 130 Å². The average molecular weight is 452 g/mol. The number of urea groups is 1. The molecule has 164 valence electrons. The lowest BCUT2D eigenvalue weighted by Crippen LogP contribution is -2.29. The summed E-state index contributed by atoms with van der Waals surface area (Å²) in [6.45, 7) is 3.83. The molecule has 10 nitrogen and oxygen atoms in total. The first-order valence-electron chi connectivity index (χ1n) is 10.3. The Morgan fingerprint density at radius 2 is 2.09 bits per heavy atom. The molecule has 11 heteroatoms. The highest BCUT2D eigenvalue weighted by molar-refractivity contribution is 7.17. The standard InChI is InChI=1S/C21H21N7O3S/c1-10(2)23-20(30)16-6-5-15(32-16)13-8-17(24-12-3-4-12)28-18(25-13)11(9-22-28)7-14-19(29)27-21(31)26-14/h5-10,12,24H,3-4H2,1-2H3,(H,23,30)(H2,26,27,29,31)/b14-7-. The summed E-state index contributed by atoms with van der Waals surface area (Å²) >= 11 is 1.36. The molecular weight excluding hydrogens is 430 g/mol.